The Hall–Kier alpha value is -3.28. The van der Waals surface area contributed by atoms with Crippen molar-refractivity contribution in [3.8, 4) is 17.4 Å². The Labute approximate surface area is 202 Å². The number of rotatable bonds is 6. The second-order valence-corrected chi connectivity index (χ2v) is 9.28. The van der Waals surface area contributed by atoms with E-state index >= 15 is 0 Å². The SMILES string of the molecule is COc1ccc(C(=O)Oc2c(Sc3c(F)c(F)c(F)c(F)c3F)c(C)nn2C(C)(C)C)c(OC)c1. The van der Waals surface area contributed by atoms with E-state index in [1.807, 2.05) is 0 Å². The molecule has 1 aromatic heterocycles. The smallest absolute Gasteiger partial charge is 0.348 e. The summed E-state index contributed by atoms with van der Waals surface area (Å²) in [5, 5.41) is 4.28. The number of benzene rings is 2. The number of carbonyl (C=O) groups is 1. The quantitative estimate of drug-likeness (QED) is 0.173. The number of hydrogen-bond donors (Lipinski definition) is 0. The largest absolute Gasteiger partial charge is 0.497 e. The van der Waals surface area contributed by atoms with Gasteiger partial charge in [0.1, 0.15) is 17.1 Å². The van der Waals surface area contributed by atoms with Crippen molar-refractivity contribution < 1.29 is 41.0 Å². The second kappa shape index (κ2) is 9.76. The van der Waals surface area contributed by atoms with Crippen LogP contribution in [0.2, 0.25) is 0 Å². The number of aryl methyl sites for hydroxylation is 1. The van der Waals surface area contributed by atoms with Gasteiger partial charge in [0.25, 0.3) is 0 Å². The molecule has 0 unspecified atom stereocenters. The minimum absolute atomic E-state index is 0.000190. The number of halogens is 5. The van der Waals surface area contributed by atoms with Crippen LogP contribution in [0.25, 0.3) is 0 Å². The van der Waals surface area contributed by atoms with Gasteiger partial charge >= 0.3 is 5.97 Å². The summed E-state index contributed by atoms with van der Waals surface area (Å²) in [5.41, 5.74) is -0.655. The van der Waals surface area contributed by atoms with Gasteiger partial charge in [-0.15, -0.1) is 0 Å². The molecule has 3 rings (SSSR count). The number of carbonyl (C=O) groups excluding carboxylic acids is 1. The number of ether oxygens (including phenoxy) is 3. The minimum Gasteiger partial charge on any atom is -0.497 e. The lowest BCUT2D eigenvalue weighted by Crippen LogP contribution is -2.25. The van der Waals surface area contributed by atoms with E-state index in [4.69, 9.17) is 14.2 Å². The molecule has 188 valence electrons. The molecule has 3 aromatic rings. The van der Waals surface area contributed by atoms with Crippen LogP contribution in [0.5, 0.6) is 17.4 Å². The fraction of sp³-hybridized carbons (Fsp3) is 0.304. The van der Waals surface area contributed by atoms with Crippen LogP contribution in [0, 0.1) is 36.0 Å². The first-order valence-corrected chi connectivity index (χ1v) is 10.9. The summed E-state index contributed by atoms with van der Waals surface area (Å²) in [6, 6.07) is 4.34. The van der Waals surface area contributed by atoms with Crippen molar-refractivity contribution in [2.45, 2.75) is 43.0 Å². The Kier molecular flexibility index (Phi) is 7.34. The van der Waals surface area contributed by atoms with Gasteiger partial charge in [-0.2, -0.15) is 5.10 Å². The van der Waals surface area contributed by atoms with Crippen LogP contribution < -0.4 is 14.2 Å². The van der Waals surface area contributed by atoms with Crippen molar-refractivity contribution >= 4 is 17.7 Å². The van der Waals surface area contributed by atoms with E-state index < -0.39 is 45.5 Å². The molecule has 0 fully saturated rings. The highest BCUT2D eigenvalue weighted by Gasteiger charge is 2.32. The number of esters is 1. The summed E-state index contributed by atoms with van der Waals surface area (Å²) < 4.78 is 87.0. The molecule has 12 heteroatoms. The third kappa shape index (κ3) is 4.93. The van der Waals surface area contributed by atoms with Crippen LogP contribution in [0.1, 0.15) is 36.8 Å². The fourth-order valence-corrected chi connectivity index (χ4v) is 4.01. The molecule has 0 spiro atoms. The molecule has 0 saturated heterocycles. The molecule has 35 heavy (non-hydrogen) atoms. The number of nitrogens with zero attached hydrogens (tertiary/aromatic N) is 2. The average molecular weight is 516 g/mol. The van der Waals surface area contributed by atoms with E-state index in [2.05, 4.69) is 5.10 Å². The number of hydrogen-bond acceptors (Lipinski definition) is 6. The summed E-state index contributed by atoms with van der Waals surface area (Å²) >= 11 is 0.213. The van der Waals surface area contributed by atoms with Crippen LogP contribution >= 0.6 is 11.8 Å². The zero-order valence-electron chi connectivity index (χ0n) is 19.6. The first kappa shape index (κ1) is 26.3. The summed E-state index contributed by atoms with van der Waals surface area (Å²) in [7, 11) is 2.76. The van der Waals surface area contributed by atoms with Gasteiger partial charge in [-0.3, -0.25) is 0 Å². The number of aromatic nitrogens is 2. The van der Waals surface area contributed by atoms with Gasteiger partial charge in [-0.1, -0.05) is 11.8 Å². The molecular formula is C23H21F5N2O4S. The zero-order valence-corrected chi connectivity index (χ0v) is 20.4. The normalized spacial score (nSPS) is 11.5. The third-order valence-corrected chi connectivity index (χ3v) is 6.03. The second-order valence-electron chi connectivity index (χ2n) is 8.26. The maximum atomic E-state index is 14.4. The van der Waals surface area contributed by atoms with E-state index in [1.165, 1.54) is 44.0 Å². The highest BCUT2D eigenvalue weighted by atomic mass is 32.2. The average Bonchev–Trinajstić information content (AvgIpc) is 3.13. The van der Waals surface area contributed by atoms with E-state index in [1.54, 1.807) is 20.8 Å². The predicted octanol–water partition coefficient (Wildman–Crippen LogP) is 6.03. The first-order chi connectivity index (χ1) is 16.3. The van der Waals surface area contributed by atoms with Gasteiger partial charge in [-0.25, -0.2) is 31.4 Å². The van der Waals surface area contributed by atoms with Gasteiger partial charge in [0.15, 0.2) is 23.3 Å². The highest BCUT2D eigenvalue weighted by molar-refractivity contribution is 7.99. The molecule has 0 aliphatic heterocycles. The zero-order chi connectivity index (χ0) is 26.2. The lowest BCUT2D eigenvalue weighted by molar-refractivity contribution is 0.0700. The lowest BCUT2D eigenvalue weighted by Gasteiger charge is -2.22. The van der Waals surface area contributed by atoms with E-state index in [0.717, 1.165) is 0 Å². The molecule has 0 aliphatic rings. The van der Waals surface area contributed by atoms with Gasteiger partial charge < -0.3 is 14.2 Å². The van der Waals surface area contributed by atoms with Crippen LogP contribution in [-0.4, -0.2) is 30.0 Å². The Morgan fingerprint density at radius 1 is 0.914 bits per heavy atom. The van der Waals surface area contributed by atoms with Crippen molar-refractivity contribution in [3.63, 3.8) is 0 Å². The molecule has 6 nitrogen and oxygen atoms in total. The van der Waals surface area contributed by atoms with Crippen molar-refractivity contribution in [1.82, 2.24) is 9.78 Å². The molecule has 0 bridgehead atoms. The molecule has 0 saturated carbocycles. The minimum atomic E-state index is -2.27. The summed E-state index contributed by atoms with van der Waals surface area (Å²) in [4.78, 5) is 11.8. The maximum Gasteiger partial charge on any atom is 0.348 e. The van der Waals surface area contributed by atoms with Gasteiger partial charge in [-0.05, 0) is 39.8 Å². The van der Waals surface area contributed by atoms with Crippen LogP contribution in [0.4, 0.5) is 22.0 Å². The standard InChI is InChI=1S/C23H21F5N2O4S/c1-10-19(35-20-17(27)15(25)14(24)16(26)18(20)28)21(30(29-10)23(2,3)4)34-22(31)12-8-7-11(32-5)9-13(12)33-6/h7-9H,1-6H3. The predicted molar refractivity (Wildman–Crippen MR) is 117 cm³/mol. The van der Waals surface area contributed by atoms with Crippen LogP contribution in [0.15, 0.2) is 28.0 Å². The summed E-state index contributed by atoms with van der Waals surface area (Å²) in [5.74, 6) is -11.1. The maximum absolute atomic E-state index is 14.4. The molecule has 0 radical (unpaired) electrons. The molecular weight excluding hydrogens is 495 g/mol. The van der Waals surface area contributed by atoms with E-state index in [-0.39, 0.29) is 39.5 Å². The van der Waals surface area contributed by atoms with Crippen LogP contribution in [0.3, 0.4) is 0 Å². The van der Waals surface area contributed by atoms with Crippen molar-refractivity contribution in [3.05, 3.63) is 58.5 Å². The first-order valence-electron chi connectivity index (χ1n) is 10.0. The van der Waals surface area contributed by atoms with Crippen molar-refractivity contribution in [2.24, 2.45) is 0 Å². The Bertz CT molecular complexity index is 1280. The monoisotopic (exact) mass is 516 g/mol. The Balaban J connectivity index is 2.14. The highest BCUT2D eigenvalue weighted by Crippen LogP contribution is 2.43. The van der Waals surface area contributed by atoms with Crippen molar-refractivity contribution in [2.75, 3.05) is 14.2 Å². The van der Waals surface area contributed by atoms with Gasteiger partial charge in [0.2, 0.25) is 11.7 Å². The van der Waals surface area contributed by atoms with Gasteiger partial charge in [0, 0.05) is 6.07 Å². The fourth-order valence-electron chi connectivity index (χ4n) is 3.04. The molecule has 2 aromatic carbocycles. The molecule has 0 aliphatic carbocycles. The molecule has 0 N–H and O–H groups in total. The van der Waals surface area contributed by atoms with Gasteiger partial charge in [0.05, 0.1) is 35.2 Å². The molecule has 0 amide bonds. The van der Waals surface area contributed by atoms with Crippen LogP contribution in [-0.2, 0) is 5.54 Å². The lowest BCUT2D eigenvalue weighted by atomic mass is 10.1. The number of methoxy groups -OCH3 is 2. The van der Waals surface area contributed by atoms with E-state index in [9.17, 15) is 26.7 Å². The van der Waals surface area contributed by atoms with E-state index in [0.29, 0.717) is 5.75 Å². The third-order valence-electron chi connectivity index (χ3n) is 4.79. The Morgan fingerprint density at radius 3 is 2.00 bits per heavy atom. The summed E-state index contributed by atoms with van der Waals surface area (Å²) in [6.45, 7) is 6.61. The molecule has 0 atom stereocenters. The van der Waals surface area contributed by atoms with Crippen molar-refractivity contribution in [1.29, 1.82) is 0 Å². The summed E-state index contributed by atoms with van der Waals surface area (Å²) in [6.07, 6.45) is 0. The topological polar surface area (TPSA) is 62.6 Å². The molecule has 1 heterocycles. The Morgan fingerprint density at radius 2 is 1.49 bits per heavy atom.